The zero-order chi connectivity index (χ0) is 14.1. The second-order valence-corrected chi connectivity index (χ2v) is 4.32. The van der Waals surface area contributed by atoms with Crippen LogP contribution in [0.3, 0.4) is 0 Å². The minimum Gasteiger partial charge on any atom is -0.480 e. The maximum atomic E-state index is 11.6. The number of carbonyl (C=O) groups is 2. The van der Waals surface area contributed by atoms with Crippen LogP contribution < -0.4 is 11.1 Å². The largest absolute Gasteiger partial charge is 0.480 e. The first-order valence-electron chi connectivity index (χ1n) is 6.33. The lowest BCUT2D eigenvalue weighted by molar-refractivity contribution is -0.141. The van der Waals surface area contributed by atoms with Gasteiger partial charge in [-0.2, -0.15) is 0 Å². The second-order valence-electron chi connectivity index (χ2n) is 4.32. The van der Waals surface area contributed by atoms with E-state index in [1.54, 1.807) is 6.20 Å². The highest BCUT2D eigenvalue weighted by Crippen LogP contribution is 2.02. The molecule has 5 N–H and O–H groups in total. The van der Waals surface area contributed by atoms with Gasteiger partial charge >= 0.3 is 5.97 Å². The highest BCUT2D eigenvalue weighted by molar-refractivity contribution is 5.83. The second kappa shape index (κ2) is 8.25. The van der Waals surface area contributed by atoms with Crippen LogP contribution in [-0.2, 0) is 16.0 Å². The summed E-state index contributed by atoms with van der Waals surface area (Å²) in [5.41, 5.74) is 5.96. The Balaban J connectivity index is 2.36. The molecule has 1 amide bonds. The number of carbonyl (C=O) groups excluding carboxylic acids is 1. The standard InChI is InChI=1S/C12H20N4O3/c13-5-3-1-2-4-11(17)16-10(12(18)19)6-9-7-14-8-15-9/h7-8,10H,1-6,13H2,(H,14,15)(H,16,17)(H,18,19). The quantitative estimate of drug-likeness (QED) is 0.471. The van der Waals surface area contributed by atoms with Crippen molar-refractivity contribution in [1.29, 1.82) is 0 Å². The lowest BCUT2D eigenvalue weighted by atomic mass is 10.1. The van der Waals surface area contributed by atoms with Crippen LogP contribution in [0.1, 0.15) is 31.4 Å². The molecule has 0 aliphatic rings. The van der Waals surface area contributed by atoms with Crippen molar-refractivity contribution < 1.29 is 14.7 Å². The van der Waals surface area contributed by atoms with Gasteiger partial charge in [-0.3, -0.25) is 4.79 Å². The predicted molar refractivity (Wildman–Crippen MR) is 69.4 cm³/mol. The number of carboxylic acid groups (broad SMARTS) is 1. The van der Waals surface area contributed by atoms with Gasteiger partial charge in [0.15, 0.2) is 0 Å². The molecule has 19 heavy (non-hydrogen) atoms. The molecule has 0 aliphatic heterocycles. The summed E-state index contributed by atoms with van der Waals surface area (Å²) in [5.74, 6) is -1.31. The van der Waals surface area contributed by atoms with Gasteiger partial charge in [0.1, 0.15) is 6.04 Å². The third kappa shape index (κ3) is 6.01. The lowest BCUT2D eigenvalue weighted by Gasteiger charge is -2.13. The van der Waals surface area contributed by atoms with Gasteiger partial charge in [-0.15, -0.1) is 0 Å². The van der Waals surface area contributed by atoms with Crippen LogP contribution in [0.2, 0.25) is 0 Å². The molecule has 106 valence electrons. The fourth-order valence-corrected chi connectivity index (χ4v) is 1.68. The molecule has 0 aromatic carbocycles. The Morgan fingerprint density at radius 2 is 2.21 bits per heavy atom. The normalized spacial score (nSPS) is 12.1. The van der Waals surface area contributed by atoms with Crippen molar-refractivity contribution in [3.63, 3.8) is 0 Å². The fourth-order valence-electron chi connectivity index (χ4n) is 1.68. The molecule has 7 heteroatoms. The maximum Gasteiger partial charge on any atom is 0.326 e. The molecular formula is C12H20N4O3. The number of nitrogens with two attached hydrogens (primary N) is 1. The zero-order valence-corrected chi connectivity index (χ0v) is 10.8. The van der Waals surface area contributed by atoms with Crippen LogP contribution in [0, 0.1) is 0 Å². The predicted octanol–water partition coefficient (Wildman–Crippen LogP) is 0.0407. The summed E-state index contributed by atoms with van der Waals surface area (Å²) >= 11 is 0. The number of unbranched alkanes of at least 4 members (excludes halogenated alkanes) is 2. The van der Waals surface area contributed by atoms with Crippen molar-refractivity contribution >= 4 is 11.9 Å². The number of aliphatic carboxylic acids is 1. The van der Waals surface area contributed by atoms with E-state index in [1.165, 1.54) is 6.33 Å². The lowest BCUT2D eigenvalue weighted by Crippen LogP contribution is -2.42. The Hall–Kier alpha value is -1.89. The number of nitrogens with zero attached hydrogens (tertiary/aromatic N) is 1. The van der Waals surface area contributed by atoms with Gasteiger partial charge in [-0.1, -0.05) is 6.42 Å². The van der Waals surface area contributed by atoms with Gasteiger partial charge in [0.2, 0.25) is 5.91 Å². The van der Waals surface area contributed by atoms with Gasteiger partial charge in [0.25, 0.3) is 0 Å². The molecule has 0 bridgehead atoms. The van der Waals surface area contributed by atoms with Gasteiger partial charge in [0, 0.05) is 19.0 Å². The SMILES string of the molecule is NCCCCCC(=O)NC(Cc1c[nH]cn1)C(=O)O. The van der Waals surface area contributed by atoms with Crippen LogP contribution in [-0.4, -0.2) is 39.5 Å². The average Bonchev–Trinajstić information content (AvgIpc) is 2.86. The zero-order valence-electron chi connectivity index (χ0n) is 10.8. The van der Waals surface area contributed by atoms with Crippen molar-refractivity contribution in [2.24, 2.45) is 5.73 Å². The van der Waals surface area contributed by atoms with Crippen LogP contribution in [0.5, 0.6) is 0 Å². The minimum atomic E-state index is -1.06. The van der Waals surface area contributed by atoms with E-state index in [0.29, 0.717) is 18.7 Å². The Labute approximate surface area is 111 Å². The molecule has 1 rings (SSSR count). The Morgan fingerprint density at radius 1 is 1.42 bits per heavy atom. The molecule has 0 aliphatic carbocycles. The van der Waals surface area contributed by atoms with E-state index < -0.39 is 12.0 Å². The summed E-state index contributed by atoms with van der Waals surface area (Å²) < 4.78 is 0. The van der Waals surface area contributed by atoms with E-state index in [1.807, 2.05) is 0 Å². The van der Waals surface area contributed by atoms with E-state index in [0.717, 1.165) is 19.3 Å². The summed E-state index contributed by atoms with van der Waals surface area (Å²) in [6.07, 6.45) is 6.06. The van der Waals surface area contributed by atoms with E-state index in [-0.39, 0.29) is 12.3 Å². The Morgan fingerprint density at radius 3 is 2.79 bits per heavy atom. The van der Waals surface area contributed by atoms with Gasteiger partial charge < -0.3 is 21.1 Å². The number of aromatic nitrogens is 2. The number of hydrogen-bond acceptors (Lipinski definition) is 4. The number of nitrogens with one attached hydrogen (secondary N) is 2. The van der Waals surface area contributed by atoms with Crippen LogP contribution in [0.4, 0.5) is 0 Å². The number of imidazole rings is 1. The third-order valence-corrected chi connectivity index (χ3v) is 2.71. The molecule has 1 aromatic rings. The minimum absolute atomic E-state index is 0.174. The number of amides is 1. The van der Waals surface area contributed by atoms with Crippen LogP contribution in [0.25, 0.3) is 0 Å². The molecule has 1 atom stereocenters. The summed E-state index contributed by atoms with van der Waals surface area (Å²) in [4.78, 5) is 29.4. The fraction of sp³-hybridized carbons (Fsp3) is 0.583. The number of H-pyrrole nitrogens is 1. The Bertz CT molecular complexity index is 392. The van der Waals surface area contributed by atoms with Crippen LogP contribution >= 0.6 is 0 Å². The van der Waals surface area contributed by atoms with Gasteiger partial charge in [-0.25, -0.2) is 9.78 Å². The number of rotatable bonds is 9. The number of hydrogen-bond donors (Lipinski definition) is 4. The summed E-state index contributed by atoms with van der Waals surface area (Å²) in [7, 11) is 0. The summed E-state index contributed by atoms with van der Waals surface area (Å²) in [5, 5.41) is 11.6. The number of carboxylic acids is 1. The topological polar surface area (TPSA) is 121 Å². The summed E-state index contributed by atoms with van der Waals surface area (Å²) in [6.45, 7) is 0.610. The van der Waals surface area contributed by atoms with Crippen molar-refractivity contribution in [3.05, 3.63) is 18.2 Å². The first-order valence-corrected chi connectivity index (χ1v) is 6.33. The van der Waals surface area contributed by atoms with Gasteiger partial charge in [-0.05, 0) is 19.4 Å². The van der Waals surface area contributed by atoms with Crippen LogP contribution in [0.15, 0.2) is 12.5 Å². The summed E-state index contributed by atoms with van der Waals surface area (Å²) in [6, 6.07) is -0.940. The maximum absolute atomic E-state index is 11.6. The van der Waals surface area contributed by atoms with Crippen molar-refractivity contribution in [1.82, 2.24) is 15.3 Å². The molecule has 1 heterocycles. The molecule has 1 unspecified atom stereocenters. The van der Waals surface area contributed by atoms with E-state index in [4.69, 9.17) is 10.8 Å². The highest BCUT2D eigenvalue weighted by Gasteiger charge is 2.20. The van der Waals surface area contributed by atoms with E-state index >= 15 is 0 Å². The molecule has 0 saturated carbocycles. The van der Waals surface area contributed by atoms with Gasteiger partial charge in [0.05, 0.1) is 12.0 Å². The highest BCUT2D eigenvalue weighted by atomic mass is 16.4. The van der Waals surface area contributed by atoms with E-state index in [9.17, 15) is 9.59 Å². The van der Waals surface area contributed by atoms with Crippen molar-refractivity contribution in [2.45, 2.75) is 38.1 Å². The third-order valence-electron chi connectivity index (χ3n) is 2.71. The molecular weight excluding hydrogens is 248 g/mol. The molecule has 0 radical (unpaired) electrons. The van der Waals surface area contributed by atoms with Crippen molar-refractivity contribution in [3.8, 4) is 0 Å². The average molecular weight is 268 g/mol. The first kappa shape index (κ1) is 15.2. The Kier molecular flexibility index (Phi) is 6.59. The molecule has 0 saturated heterocycles. The molecule has 0 spiro atoms. The molecule has 0 fully saturated rings. The monoisotopic (exact) mass is 268 g/mol. The smallest absolute Gasteiger partial charge is 0.326 e. The molecule has 1 aromatic heterocycles. The van der Waals surface area contributed by atoms with E-state index in [2.05, 4.69) is 15.3 Å². The number of aromatic amines is 1. The molecule has 7 nitrogen and oxygen atoms in total. The van der Waals surface area contributed by atoms with Crippen molar-refractivity contribution in [2.75, 3.05) is 6.54 Å². The first-order chi connectivity index (χ1) is 9.13.